The Morgan fingerprint density at radius 3 is 2.83 bits per heavy atom. The van der Waals surface area contributed by atoms with Crippen molar-refractivity contribution in [2.75, 3.05) is 0 Å². The average Bonchev–Trinajstić information content (AvgIpc) is 2.56. The van der Waals surface area contributed by atoms with Crippen LogP contribution < -0.4 is 9.13 Å². The van der Waals surface area contributed by atoms with Gasteiger partial charge in [-0.25, -0.2) is 0 Å². The van der Waals surface area contributed by atoms with Gasteiger partial charge in [-0.1, -0.05) is 19.0 Å². The quantitative estimate of drug-likeness (QED) is 0.265. The first kappa shape index (κ1) is 17.7. The largest absolute Gasteiger partial charge is 0.411 e. The van der Waals surface area contributed by atoms with E-state index >= 15 is 0 Å². The van der Waals surface area contributed by atoms with Crippen LogP contribution in [0.5, 0.6) is 0 Å². The Morgan fingerprint density at radius 2 is 2.08 bits per heavy atom. The van der Waals surface area contributed by atoms with E-state index in [9.17, 15) is 4.79 Å². The zero-order chi connectivity index (χ0) is 17.4. The fourth-order valence-electron chi connectivity index (χ4n) is 2.28. The Bertz CT molecular complexity index is 714. The topological polar surface area (TPSA) is 66.7 Å². The number of ketones is 1. The van der Waals surface area contributed by atoms with Gasteiger partial charge in [-0.3, -0.25) is 9.53 Å². The van der Waals surface area contributed by atoms with Crippen molar-refractivity contribution in [3.63, 3.8) is 0 Å². The van der Waals surface area contributed by atoms with Crippen LogP contribution in [0, 0.1) is 5.92 Å². The lowest BCUT2D eigenvalue weighted by molar-refractivity contribution is -0.788. The fraction of sp³-hybridized carbons (Fsp3) is 0.333. The molecule has 2 heterocycles. The molecule has 0 bridgehead atoms. The number of oxime groups is 1. The Morgan fingerprint density at radius 1 is 1.25 bits per heavy atom. The van der Waals surface area contributed by atoms with Crippen LogP contribution >= 0.6 is 0 Å². The number of carbonyl (C=O) groups excluding carboxylic acids is 1. The summed E-state index contributed by atoms with van der Waals surface area (Å²) in [5.74, 6) is 0.474. The van der Waals surface area contributed by atoms with Gasteiger partial charge >= 0.3 is 0 Å². The van der Waals surface area contributed by atoms with Crippen molar-refractivity contribution in [1.29, 1.82) is 0 Å². The number of aromatic nitrogens is 2. The van der Waals surface area contributed by atoms with Crippen LogP contribution in [-0.2, 0) is 18.2 Å². The van der Waals surface area contributed by atoms with Crippen molar-refractivity contribution < 1.29 is 23.9 Å². The second kappa shape index (κ2) is 8.88. The summed E-state index contributed by atoms with van der Waals surface area (Å²) in [4.78, 5) is 12.1. The predicted octanol–water partition coefficient (Wildman–Crippen LogP) is 1.93. The second-order valence-corrected chi connectivity index (χ2v) is 5.93. The molecule has 2 aromatic heterocycles. The van der Waals surface area contributed by atoms with Crippen LogP contribution in [0.25, 0.3) is 0 Å². The molecule has 6 nitrogen and oxygen atoms in total. The monoisotopic (exact) mass is 329 g/mol. The number of nitrogens with zero attached hydrogens (tertiary/aromatic N) is 3. The number of Topliss-reactive ketones (excluding diaryl/α,β-unsaturated/α-hetero) is 1. The minimum atomic E-state index is 0.137. The van der Waals surface area contributed by atoms with Crippen LogP contribution in [0.4, 0.5) is 0 Å². The van der Waals surface area contributed by atoms with E-state index < -0.39 is 0 Å². The SMILES string of the molecule is CC(C)CC(=O)c1ccc[n+](COC[n+]2ccccc2/C=N\O)c1. The highest BCUT2D eigenvalue weighted by atomic mass is 16.5. The molecule has 24 heavy (non-hydrogen) atoms. The van der Waals surface area contributed by atoms with Crippen molar-refractivity contribution in [1.82, 2.24) is 0 Å². The highest BCUT2D eigenvalue weighted by Gasteiger charge is 2.13. The van der Waals surface area contributed by atoms with Crippen molar-refractivity contribution >= 4 is 12.0 Å². The molecule has 0 radical (unpaired) electrons. The van der Waals surface area contributed by atoms with Gasteiger partial charge in [-0.05, 0) is 18.1 Å². The molecule has 0 saturated carbocycles. The van der Waals surface area contributed by atoms with Crippen molar-refractivity contribution in [3.05, 3.63) is 60.2 Å². The molecule has 126 valence electrons. The molecule has 6 heteroatoms. The highest BCUT2D eigenvalue weighted by molar-refractivity contribution is 5.95. The Balaban J connectivity index is 1.97. The van der Waals surface area contributed by atoms with Gasteiger partial charge in [-0.2, -0.15) is 9.13 Å². The lowest BCUT2D eigenvalue weighted by Crippen LogP contribution is -2.43. The van der Waals surface area contributed by atoms with Crippen LogP contribution in [0.2, 0.25) is 0 Å². The van der Waals surface area contributed by atoms with Crippen molar-refractivity contribution in [2.45, 2.75) is 33.7 Å². The van der Waals surface area contributed by atoms with E-state index in [0.717, 1.165) is 5.69 Å². The maximum atomic E-state index is 12.1. The number of carbonyl (C=O) groups is 1. The van der Waals surface area contributed by atoms with E-state index in [4.69, 9.17) is 9.94 Å². The first-order chi connectivity index (χ1) is 11.6. The molecule has 0 saturated heterocycles. The summed E-state index contributed by atoms with van der Waals surface area (Å²) < 4.78 is 9.32. The number of ether oxygens (including phenoxy) is 1. The Hall–Kier alpha value is -2.60. The lowest BCUT2D eigenvalue weighted by Gasteiger charge is -2.04. The summed E-state index contributed by atoms with van der Waals surface area (Å²) in [6.07, 6.45) is 7.38. The van der Waals surface area contributed by atoms with E-state index in [1.165, 1.54) is 6.21 Å². The molecule has 0 atom stereocenters. The summed E-state index contributed by atoms with van der Waals surface area (Å²) >= 11 is 0. The van der Waals surface area contributed by atoms with Gasteiger partial charge in [0.2, 0.25) is 5.69 Å². The molecule has 1 N–H and O–H groups in total. The van der Waals surface area contributed by atoms with Crippen molar-refractivity contribution in [2.24, 2.45) is 11.1 Å². The third-order valence-electron chi connectivity index (χ3n) is 3.41. The van der Waals surface area contributed by atoms with Gasteiger partial charge in [0.25, 0.3) is 13.5 Å². The van der Waals surface area contributed by atoms with E-state index in [2.05, 4.69) is 5.16 Å². The molecule has 2 rings (SSSR count). The zero-order valence-electron chi connectivity index (χ0n) is 14.0. The fourth-order valence-corrected chi connectivity index (χ4v) is 2.28. The third kappa shape index (κ3) is 5.24. The van der Waals surface area contributed by atoms with Crippen LogP contribution in [0.1, 0.15) is 36.3 Å². The van der Waals surface area contributed by atoms with Crippen LogP contribution in [0.3, 0.4) is 0 Å². The molecule has 0 aliphatic heterocycles. The maximum absolute atomic E-state index is 12.1. The molecule has 0 spiro atoms. The zero-order valence-corrected chi connectivity index (χ0v) is 14.0. The average molecular weight is 329 g/mol. The molecule has 2 aromatic rings. The number of hydrogen-bond acceptors (Lipinski definition) is 4. The molecular weight excluding hydrogens is 306 g/mol. The molecule has 0 amide bonds. The molecule has 0 fully saturated rings. The molecule has 0 unspecified atom stereocenters. The van der Waals surface area contributed by atoms with E-state index in [1.807, 2.05) is 65.7 Å². The number of pyridine rings is 2. The first-order valence-electron chi connectivity index (χ1n) is 7.86. The number of rotatable bonds is 8. The molecular formula is C18H23N3O3+2. The normalized spacial score (nSPS) is 11.3. The van der Waals surface area contributed by atoms with Gasteiger partial charge < -0.3 is 5.21 Å². The maximum Gasteiger partial charge on any atom is 0.258 e. The van der Waals surface area contributed by atoms with Gasteiger partial charge in [-0.15, -0.1) is 0 Å². The Kier molecular flexibility index (Phi) is 6.57. The van der Waals surface area contributed by atoms with Gasteiger partial charge in [0.15, 0.2) is 24.4 Å². The first-order valence-corrected chi connectivity index (χ1v) is 7.86. The van der Waals surface area contributed by atoms with Crippen LogP contribution in [-0.4, -0.2) is 17.2 Å². The minimum absolute atomic E-state index is 0.137. The summed E-state index contributed by atoms with van der Waals surface area (Å²) in [5, 5.41) is 11.7. The van der Waals surface area contributed by atoms with Crippen molar-refractivity contribution in [3.8, 4) is 0 Å². The number of hydrogen-bond donors (Lipinski definition) is 1. The summed E-state index contributed by atoms with van der Waals surface area (Å²) in [6, 6.07) is 9.21. The summed E-state index contributed by atoms with van der Waals surface area (Å²) in [7, 11) is 0. The van der Waals surface area contributed by atoms with E-state index in [1.54, 1.807) is 6.20 Å². The van der Waals surface area contributed by atoms with Gasteiger partial charge in [0, 0.05) is 24.6 Å². The van der Waals surface area contributed by atoms with Gasteiger partial charge in [0.05, 0.1) is 5.56 Å². The molecule has 0 aliphatic carbocycles. The summed E-state index contributed by atoms with van der Waals surface area (Å²) in [6.45, 7) is 4.68. The van der Waals surface area contributed by atoms with E-state index in [0.29, 0.717) is 31.4 Å². The molecule has 0 aromatic carbocycles. The second-order valence-electron chi connectivity index (χ2n) is 5.93. The smallest absolute Gasteiger partial charge is 0.258 e. The highest BCUT2D eigenvalue weighted by Crippen LogP contribution is 2.07. The van der Waals surface area contributed by atoms with Crippen LogP contribution in [0.15, 0.2) is 54.1 Å². The third-order valence-corrected chi connectivity index (χ3v) is 3.41. The lowest BCUT2D eigenvalue weighted by atomic mass is 10.0. The predicted molar refractivity (Wildman–Crippen MR) is 87.5 cm³/mol. The Labute approximate surface area is 141 Å². The van der Waals surface area contributed by atoms with E-state index in [-0.39, 0.29) is 5.78 Å². The van der Waals surface area contributed by atoms with Gasteiger partial charge in [0.1, 0.15) is 6.21 Å². The standard InChI is InChI=1S/C18H22N3O3/c1-15(2)10-18(22)16-6-5-8-20(12-16)13-24-14-21-9-4-3-7-17(21)11-19-23/h3-9,11-12,15H,10,13-14H2,1-2H3/q+1/p+1. The minimum Gasteiger partial charge on any atom is -0.411 e. The molecule has 0 aliphatic rings. The summed E-state index contributed by atoms with van der Waals surface area (Å²) in [5.41, 5.74) is 1.42.